The summed E-state index contributed by atoms with van der Waals surface area (Å²) in [6.07, 6.45) is 0.415. The van der Waals surface area contributed by atoms with Gasteiger partial charge in [-0.2, -0.15) is 5.26 Å². The number of nitrogens with one attached hydrogen (secondary N) is 2. The van der Waals surface area contributed by atoms with Crippen LogP contribution in [-0.4, -0.2) is 42.8 Å². The van der Waals surface area contributed by atoms with Crippen molar-refractivity contribution in [3.8, 4) is 17.2 Å². The van der Waals surface area contributed by atoms with Crippen molar-refractivity contribution in [3.05, 3.63) is 58.6 Å². The van der Waals surface area contributed by atoms with Crippen molar-refractivity contribution in [1.29, 1.82) is 5.26 Å². The first-order valence-electron chi connectivity index (χ1n) is 10.2. The van der Waals surface area contributed by atoms with Crippen molar-refractivity contribution < 1.29 is 13.9 Å². The van der Waals surface area contributed by atoms with Crippen molar-refractivity contribution in [3.63, 3.8) is 0 Å². The monoisotopic (exact) mass is 420 g/mol. The van der Waals surface area contributed by atoms with Gasteiger partial charge in [-0.15, -0.1) is 0 Å². The molecule has 2 N–H and O–H groups in total. The molecule has 2 heterocycles. The first kappa shape index (κ1) is 20.8. The van der Waals surface area contributed by atoms with Crippen LogP contribution in [0, 0.1) is 17.2 Å². The topological polar surface area (TPSA) is 109 Å². The summed E-state index contributed by atoms with van der Waals surface area (Å²) in [4.78, 5) is 24.2. The van der Waals surface area contributed by atoms with E-state index in [0.717, 1.165) is 28.8 Å². The van der Waals surface area contributed by atoms with Gasteiger partial charge in [0, 0.05) is 26.6 Å². The van der Waals surface area contributed by atoms with Crippen LogP contribution in [0.4, 0.5) is 0 Å². The lowest BCUT2D eigenvalue weighted by molar-refractivity contribution is -0.126. The Morgan fingerprint density at radius 3 is 2.84 bits per heavy atom. The summed E-state index contributed by atoms with van der Waals surface area (Å²) < 4.78 is 12.1. The molecule has 1 aromatic heterocycles. The maximum atomic E-state index is 12.5. The van der Waals surface area contributed by atoms with Crippen LogP contribution in [0.15, 0.2) is 51.7 Å². The van der Waals surface area contributed by atoms with Crippen LogP contribution in [0.25, 0.3) is 22.2 Å². The Hall–Kier alpha value is -3.41. The fourth-order valence-electron chi connectivity index (χ4n) is 3.67. The quantitative estimate of drug-likeness (QED) is 0.649. The zero-order valence-corrected chi connectivity index (χ0v) is 17.3. The van der Waals surface area contributed by atoms with Gasteiger partial charge in [0.25, 0.3) is 0 Å². The number of aromatic nitrogens is 1. The number of amides is 1. The van der Waals surface area contributed by atoms with Gasteiger partial charge in [-0.3, -0.25) is 9.36 Å². The first-order chi connectivity index (χ1) is 15.0. The maximum absolute atomic E-state index is 12.5. The Balaban J connectivity index is 1.43. The number of carbonyl (C=O) groups is 1. The number of aryl methyl sites for hydroxylation is 1. The van der Waals surface area contributed by atoms with E-state index < -0.39 is 11.8 Å². The van der Waals surface area contributed by atoms with E-state index in [0.29, 0.717) is 31.8 Å². The molecule has 0 radical (unpaired) electrons. The Labute approximate surface area is 179 Å². The molecule has 8 nitrogen and oxygen atoms in total. The highest BCUT2D eigenvalue weighted by molar-refractivity contribution is 5.81. The SMILES string of the molecule is Cn1c(=O)oc2ccc(-c3ccc(C[C@@H](C#N)NC(=O)C4CNCCOC4)cc3)cc21. The smallest absolute Gasteiger partial charge is 0.408 e. The molecule has 1 aliphatic rings. The van der Waals surface area contributed by atoms with Gasteiger partial charge in [0.05, 0.1) is 30.7 Å². The number of ether oxygens (including phenoxy) is 1. The highest BCUT2D eigenvalue weighted by Crippen LogP contribution is 2.24. The second kappa shape index (κ2) is 9.16. The summed E-state index contributed by atoms with van der Waals surface area (Å²) in [6.45, 7) is 2.22. The number of carbonyl (C=O) groups excluding carboxylic acids is 1. The van der Waals surface area contributed by atoms with Gasteiger partial charge in [-0.05, 0) is 28.8 Å². The maximum Gasteiger partial charge on any atom is 0.419 e. The molecule has 4 rings (SSSR count). The Morgan fingerprint density at radius 1 is 1.29 bits per heavy atom. The molecule has 160 valence electrons. The standard InChI is InChI=1S/C23H24N4O4/c1-27-20-11-17(6-7-21(20)31-23(27)29)16-4-2-15(3-5-16)10-19(12-24)26-22(28)18-13-25-8-9-30-14-18/h2-7,11,18-19,25H,8-10,13-14H2,1H3,(H,26,28)/t18?,19-/m0/s1. The molecule has 8 heteroatoms. The number of rotatable bonds is 5. The minimum absolute atomic E-state index is 0.170. The van der Waals surface area contributed by atoms with E-state index in [4.69, 9.17) is 9.15 Å². The first-order valence-corrected chi connectivity index (χ1v) is 10.2. The molecule has 0 spiro atoms. The lowest BCUT2D eigenvalue weighted by atomic mass is 10.00. The van der Waals surface area contributed by atoms with E-state index in [-0.39, 0.29) is 11.8 Å². The van der Waals surface area contributed by atoms with Crippen molar-refractivity contribution in [2.24, 2.45) is 13.0 Å². The van der Waals surface area contributed by atoms with E-state index in [2.05, 4.69) is 16.7 Å². The molecule has 1 unspecified atom stereocenters. The van der Waals surface area contributed by atoms with Crippen molar-refractivity contribution >= 4 is 17.0 Å². The van der Waals surface area contributed by atoms with Gasteiger partial charge in [0.1, 0.15) is 6.04 Å². The summed E-state index contributed by atoms with van der Waals surface area (Å²) in [7, 11) is 1.68. The van der Waals surface area contributed by atoms with Gasteiger partial charge < -0.3 is 19.8 Å². The fourth-order valence-corrected chi connectivity index (χ4v) is 3.67. The fraction of sp³-hybridized carbons (Fsp3) is 0.348. The number of nitrogens with zero attached hydrogens (tertiary/aromatic N) is 2. The number of oxazole rings is 1. The third-order valence-electron chi connectivity index (χ3n) is 5.49. The number of hydrogen-bond acceptors (Lipinski definition) is 6. The normalized spacial score (nSPS) is 17.6. The average molecular weight is 420 g/mol. The molecule has 1 aliphatic heterocycles. The number of fused-ring (bicyclic) bond motifs is 1. The summed E-state index contributed by atoms with van der Waals surface area (Å²) >= 11 is 0. The minimum atomic E-state index is -0.613. The molecule has 31 heavy (non-hydrogen) atoms. The molecule has 0 saturated carbocycles. The van der Waals surface area contributed by atoms with Crippen LogP contribution in [0.5, 0.6) is 0 Å². The molecular formula is C23H24N4O4. The summed E-state index contributed by atoms with van der Waals surface area (Å²) in [5.41, 5.74) is 4.17. The summed E-state index contributed by atoms with van der Waals surface area (Å²) in [5, 5.41) is 15.5. The number of hydrogen-bond donors (Lipinski definition) is 2. The van der Waals surface area contributed by atoms with E-state index in [9.17, 15) is 14.9 Å². The van der Waals surface area contributed by atoms with E-state index in [1.807, 2.05) is 36.4 Å². The molecule has 1 amide bonds. The van der Waals surface area contributed by atoms with Crippen molar-refractivity contribution in [2.45, 2.75) is 12.5 Å². The van der Waals surface area contributed by atoms with Gasteiger partial charge in [0.15, 0.2) is 5.58 Å². The van der Waals surface area contributed by atoms with E-state index in [1.165, 1.54) is 4.57 Å². The van der Waals surface area contributed by atoms with Crippen molar-refractivity contribution in [2.75, 3.05) is 26.3 Å². The van der Waals surface area contributed by atoms with E-state index >= 15 is 0 Å². The molecule has 3 aromatic rings. The summed E-state index contributed by atoms with van der Waals surface area (Å²) in [5.74, 6) is -0.857. The van der Waals surface area contributed by atoms with Crippen LogP contribution in [-0.2, 0) is 23.0 Å². The van der Waals surface area contributed by atoms with Crippen LogP contribution in [0.3, 0.4) is 0 Å². The second-order valence-corrected chi connectivity index (χ2v) is 7.68. The molecule has 0 bridgehead atoms. The van der Waals surface area contributed by atoms with Crippen LogP contribution >= 0.6 is 0 Å². The molecule has 2 aromatic carbocycles. The Morgan fingerprint density at radius 2 is 2.06 bits per heavy atom. The molecule has 1 saturated heterocycles. The predicted octanol–water partition coefficient (Wildman–Crippen LogP) is 1.59. The number of benzene rings is 2. The van der Waals surface area contributed by atoms with Gasteiger partial charge in [-0.1, -0.05) is 30.3 Å². The second-order valence-electron chi connectivity index (χ2n) is 7.68. The minimum Gasteiger partial charge on any atom is -0.408 e. The van der Waals surface area contributed by atoms with Crippen molar-refractivity contribution in [1.82, 2.24) is 15.2 Å². The molecule has 2 atom stereocenters. The largest absolute Gasteiger partial charge is 0.419 e. The zero-order chi connectivity index (χ0) is 21.8. The Bertz CT molecular complexity index is 1160. The number of nitriles is 1. The highest BCUT2D eigenvalue weighted by atomic mass is 16.5. The van der Waals surface area contributed by atoms with Gasteiger partial charge >= 0.3 is 5.76 Å². The zero-order valence-electron chi connectivity index (χ0n) is 17.3. The summed E-state index contributed by atoms with van der Waals surface area (Å²) in [6, 6.07) is 15.0. The average Bonchev–Trinajstić information content (AvgIpc) is 2.96. The van der Waals surface area contributed by atoms with E-state index in [1.54, 1.807) is 13.1 Å². The predicted molar refractivity (Wildman–Crippen MR) is 115 cm³/mol. The Kier molecular flexibility index (Phi) is 6.16. The molecule has 1 fully saturated rings. The lowest BCUT2D eigenvalue weighted by Crippen LogP contribution is -2.43. The van der Waals surface area contributed by atoms with Gasteiger partial charge in [0.2, 0.25) is 5.91 Å². The van der Waals surface area contributed by atoms with Crippen LogP contribution < -0.4 is 16.4 Å². The molecular weight excluding hydrogens is 396 g/mol. The highest BCUT2D eigenvalue weighted by Gasteiger charge is 2.23. The lowest BCUT2D eigenvalue weighted by Gasteiger charge is -2.17. The third-order valence-corrected chi connectivity index (χ3v) is 5.49. The van der Waals surface area contributed by atoms with Gasteiger partial charge in [-0.25, -0.2) is 4.79 Å². The third kappa shape index (κ3) is 4.68. The van der Waals surface area contributed by atoms with Crippen LogP contribution in [0.1, 0.15) is 5.56 Å². The van der Waals surface area contributed by atoms with Crippen LogP contribution in [0.2, 0.25) is 0 Å². The molecule has 0 aliphatic carbocycles.